The zero-order chi connectivity index (χ0) is 14.4. The Morgan fingerprint density at radius 2 is 2.16 bits per heavy atom. The molecule has 19 heavy (non-hydrogen) atoms. The molecule has 1 aromatic rings. The Kier molecular flexibility index (Phi) is 5.91. The first-order valence-corrected chi connectivity index (χ1v) is 6.37. The summed E-state index contributed by atoms with van der Waals surface area (Å²) in [6, 6.07) is 0. The number of ether oxygens (including phenoxy) is 1. The first kappa shape index (κ1) is 15.6. The molecule has 0 amide bonds. The lowest BCUT2D eigenvalue weighted by Crippen LogP contribution is -2.23. The van der Waals surface area contributed by atoms with Crippen LogP contribution in [0.5, 0.6) is 0 Å². The molecule has 1 atom stereocenters. The third kappa shape index (κ3) is 4.29. The molecule has 0 aromatic carbocycles. The molecule has 0 aliphatic heterocycles. The number of hydrogen-bond acceptors (Lipinski definition) is 6. The Bertz CT molecular complexity index is 417. The van der Waals surface area contributed by atoms with Crippen LogP contribution >= 0.6 is 0 Å². The number of rotatable bonds is 7. The fourth-order valence-corrected chi connectivity index (χ4v) is 1.68. The van der Waals surface area contributed by atoms with Crippen molar-refractivity contribution in [2.75, 3.05) is 13.2 Å². The van der Waals surface area contributed by atoms with E-state index in [-0.39, 0.29) is 25.5 Å². The van der Waals surface area contributed by atoms with Crippen molar-refractivity contribution in [3.8, 4) is 0 Å². The van der Waals surface area contributed by atoms with E-state index < -0.39 is 12.1 Å². The maximum absolute atomic E-state index is 11.8. The van der Waals surface area contributed by atoms with Gasteiger partial charge >= 0.3 is 5.97 Å². The summed E-state index contributed by atoms with van der Waals surface area (Å²) in [6.07, 6.45) is -0.332. The minimum Gasteiger partial charge on any atom is -0.461 e. The van der Waals surface area contributed by atoms with E-state index in [1.165, 1.54) is 4.68 Å². The van der Waals surface area contributed by atoms with Crippen LogP contribution in [-0.2, 0) is 17.7 Å². The highest BCUT2D eigenvalue weighted by atomic mass is 16.5. The van der Waals surface area contributed by atoms with E-state index in [0.29, 0.717) is 18.0 Å². The summed E-state index contributed by atoms with van der Waals surface area (Å²) in [7, 11) is 0. The van der Waals surface area contributed by atoms with Crippen LogP contribution in [0.15, 0.2) is 0 Å². The minimum atomic E-state index is -0.928. The zero-order valence-electron chi connectivity index (χ0n) is 11.5. The molecule has 0 aliphatic rings. The average Bonchev–Trinajstić information content (AvgIpc) is 2.72. The standard InChI is InChI=1S/C12H21N3O4/c1-4-19-12(18)11-10(5-8(2)3)15(14-13-11)6-9(17)7-16/h8-9,16-17H,4-7H2,1-3H3. The number of aromatic nitrogens is 3. The molecule has 0 spiro atoms. The van der Waals surface area contributed by atoms with Crippen LogP contribution in [0.1, 0.15) is 37.0 Å². The highest BCUT2D eigenvalue weighted by Crippen LogP contribution is 2.13. The van der Waals surface area contributed by atoms with Gasteiger partial charge in [-0.1, -0.05) is 19.1 Å². The molecule has 1 aromatic heterocycles. The third-order valence-electron chi connectivity index (χ3n) is 2.50. The predicted molar refractivity (Wildman–Crippen MR) is 67.6 cm³/mol. The second-order valence-electron chi connectivity index (χ2n) is 4.72. The largest absolute Gasteiger partial charge is 0.461 e. The third-order valence-corrected chi connectivity index (χ3v) is 2.50. The first-order valence-electron chi connectivity index (χ1n) is 6.37. The molecule has 0 bridgehead atoms. The van der Waals surface area contributed by atoms with E-state index in [4.69, 9.17) is 9.84 Å². The molecule has 1 heterocycles. The number of esters is 1. The van der Waals surface area contributed by atoms with Gasteiger partial charge in [-0.15, -0.1) is 5.10 Å². The van der Waals surface area contributed by atoms with Crippen molar-refractivity contribution < 1.29 is 19.7 Å². The molecule has 7 nitrogen and oxygen atoms in total. The SMILES string of the molecule is CCOC(=O)c1nnn(CC(O)CO)c1CC(C)C. The Morgan fingerprint density at radius 1 is 1.47 bits per heavy atom. The molecule has 1 unspecified atom stereocenters. The van der Waals surface area contributed by atoms with Crippen molar-refractivity contribution in [3.05, 3.63) is 11.4 Å². The van der Waals surface area contributed by atoms with Gasteiger partial charge in [-0.25, -0.2) is 9.48 Å². The molecule has 0 fully saturated rings. The molecule has 2 N–H and O–H groups in total. The molecular weight excluding hydrogens is 250 g/mol. The monoisotopic (exact) mass is 271 g/mol. The van der Waals surface area contributed by atoms with Crippen molar-refractivity contribution in [1.82, 2.24) is 15.0 Å². The Morgan fingerprint density at radius 3 is 2.68 bits per heavy atom. The topological polar surface area (TPSA) is 97.5 Å². The van der Waals surface area contributed by atoms with Gasteiger partial charge in [0.25, 0.3) is 0 Å². The lowest BCUT2D eigenvalue weighted by atomic mass is 10.1. The molecular formula is C12H21N3O4. The summed E-state index contributed by atoms with van der Waals surface area (Å²) < 4.78 is 6.38. The number of hydrogen-bond donors (Lipinski definition) is 2. The fraction of sp³-hybridized carbons (Fsp3) is 0.750. The number of carbonyl (C=O) groups is 1. The Hall–Kier alpha value is -1.47. The Labute approximate surface area is 112 Å². The molecule has 1 rings (SSSR count). The van der Waals surface area contributed by atoms with Crippen molar-refractivity contribution in [2.24, 2.45) is 5.92 Å². The number of nitrogens with zero attached hydrogens (tertiary/aromatic N) is 3. The van der Waals surface area contributed by atoms with E-state index in [1.54, 1.807) is 6.92 Å². The van der Waals surface area contributed by atoms with Gasteiger partial charge in [-0.05, 0) is 19.3 Å². The predicted octanol–water partition coefficient (Wildman–Crippen LogP) is 0.00650. The van der Waals surface area contributed by atoms with Gasteiger partial charge in [-0.3, -0.25) is 0 Å². The second kappa shape index (κ2) is 7.20. The van der Waals surface area contributed by atoms with Gasteiger partial charge in [-0.2, -0.15) is 0 Å². The molecule has 0 aliphatic carbocycles. The number of aliphatic hydroxyl groups is 2. The normalized spacial score (nSPS) is 12.7. The summed E-state index contributed by atoms with van der Waals surface area (Å²) >= 11 is 0. The summed E-state index contributed by atoms with van der Waals surface area (Å²) in [5.74, 6) is -0.209. The maximum Gasteiger partial charge on any atom is 0.360 e. The van der Waals surface area contributed by atoms with E-state index in [0.717, 1.165) is 0 Å². The number of aliphatic hydroxyl groups excluding tert-OH is 2. The summed E-state index contributed by atoms with van der Waals surface area (Å²) in [5.41, 5.74) is 0.807. The number of carbonyl (C=O) groups excluding carboxylic acids is 1. The van der Waals surface area contributed by atoms with E-state index >= 15 is 0 Å². The van der Waals surface area contributed by atoms with Gasteiger partial charge in [0.05, 0.1) is 31.6 Å². The minimum absolute atomic E-state index is 0.102. The van der Waals surface area contributed by atoms with Crippen LogP contribution in [0.25, 0.3) is 0 Å². The van der Waals surface area contributed by atoms with Crippen molar-refractivity contribution >= 4 is 5.97 Å². The van der Waals surface area contributed by atoms with Crippen LogP contribution in [-0.4, -0.2) is 50.5 Å². The maximum atomic E-state index is 11.8. The van der Waals surface area contributed by atoms with E-state index in [1.807, 2.05) is 13.8 Å². The van der Waals surface area contributed by atoms with Gasteiger partial charge in [0, 0.05) is 0 Å². The van der Waals surface area contributed by atoms with Crippen LogP contribution in [0.3, 0.4) is 0 Å². The molecule has 0 saturated carbocycles. The molecule has 108 valence electrons. The highest BCUT2D eigenvalue weighted by Gasteiger charge is 2.22. The highest BCUT2D eigenvalue weighted by molar-refractivity contribution is 5.88. The first-order chi connectivity index (χ1) is 8.99. The van der Waals surface area contributed by atoms with Gasteiger partial charge in [0.2, 0.25) is 0 Å². The van der Waals surface area contributed by atoms with Crippen LogP contribution in [0.4, 0.5) is 0 Å². The van der Waals surface area contributed by atoms with Gasteiger partial charge in [0.15, 0.2) is 5.69 Å². The van der Waals surface area contributed by atoms with E-state index in [9.17, 15) is 9.90 Å². The molecule has 7 heteroatoms. The summed E-state index contributed by atoms with van der Waals surface area (Å²) in [4.78, 5) is 11.8. The van der Waals surface area contributed by atoms with E-state index in [2.05, 4.69) is 10.3 Å². The van der Waals surface area contributed by atoms with Crippen LogP contribution in [0.2, 0.25) is 0 Å². The Balaban J connectivity index is 3.00. The smallest absolute Gasteiger partial charge is 0.360 e. The molecule has 0 radical (unpaired) electrons. The quantitative estimate of drug-likeness (QED) is 0.678. The average molecular weight is 271 g/mol. The van der Waals surface area contributed by atoms with Gasteiger partial charge < -0.3 is 14.9 Å². The van der Waals surface area contributed by atoms with Crippen LogP contribution in [0, 0.1) is 5.92 Å². The van der Waals surface area contributed by atoms with Crippen molar-refractivity contribution in [2.45, 2.75) is 39.8 Å². The van der Waals surface area contributed by atoms with Crippen molar-refractivity contribution in [3.63, 3.8) is 0 Å². The zero-order valence-corrected chi connectivity index (χ0v) is 11.5. The second-order valence-corrected chi connectivity index (χ2v) is 4.72. The summed E-state index contributed by atoms with van der Waals surface area (Å²) in [6.45, 7) is 5.75. The lowest BCUT2D eigenvalue weighted by Gasteiger charge is -2.12. The van der Waals surface area contributed by atoms with Crippen LogP contribution < -0.4 is 0 Å². The summed E-state index contributed by atoms with van der Waals surface area (Å²) in [5, 5.41) is 26.0. The molecule has 0 saturated heterocycles. The van der Waals surface area contributed by atoms with Gasteiger partial charge in [0.1, 0.15) is 0 Å². The lowest BCUT2D eigenvalue weighted by molar-refractivity contribution is 0.0517. The van der Waals surface area contributed by atoms with Crippen molar-refractivity contribution in [1.29, 1.82) is 0 Å². The fourth-order valence-electron chi connectivity index (χ4n) is 1.68.